The van der Waals surface area contributed by atoms with Gasteiger partial charge in [-0.3, -0.25) is 4.79 Å². The molecule has 0 saturated carbocycles. The Bertz CT molecular complexity index is 865. The largest absolute Gasteiger partial charge is 0.384 e. The normalized spacial score (nSPS) is 13.7. The van der Waals surface area contributed by atoms with E-state index >= 15 is 0 Å². The van der Waals surface area contributed by atoms with Crippen LogP contribution in [0.15, 0.2) is 63.5 Å². The van der Waals surface area contributed by atoms with Crippen LogP contribution in [0.1, 0.15) is 13.8 Å². The molecule has 1 heterocycles. The number of carbonyl (C=O) groups is 1. The third-order valence-electron chi connectivity index (χ3n) is 3.37. The molecule has 0 unspecified atom stereocenters. The highest BCUT2D eigenvalue weighted by atomic mass is 32.2. The summed E-state index contributed by atoms with van der Waals surface area (Å²) in [7, 11) is 0. The van der Waals surface area contributed by atoms with Gasteiger partial charge < -0.3 is 16.4 Å². The molecule has 7 heteroatoms. The van der Waals surface area contributed by atoms with Gasteiger partial charge in [0.2, 0.25) is 5.91 Å². The third-order valence-corrected chi connectivity index (χ3v) is 4.37. The Hall–Kier alpha value is -3.16. The van der Waals surface area contributed by atoms with Crippen LogP contribution in [0, 0.1) is 22.7 Å². The summed E-state index contributed by atoms with van der Waals surface area (Å²) < 4.78 is 0. The Labute approximate surface area is 150 Å². The summed E-state index contributed by atoms with van der Waals surface area (Å²) in [6.45, 7) is 3.63. The SMILES string of the molecule is CC(C)=C1C(C#N)=C(N)NC(SCC(=O)Nc2ccccc2)=C1C#N. The average Bonchev–Trinajstić information content (AvgIpc) is 2.60. The van der Waals surface area contributed by atoms with Gasteiger partial charge in [0.15, 0.2) is 0 Å². The van der Waals surface area contributed by atoms with Crippen LogP contribution in [0.3, 0.4) is 0 Å². The number of nitrogens with zero attached hydrogens (tertiary/aromatic N) is 2. The summed E-state index contributed by atoms with van der Waals surface area (Å²) in [4.78, 5) is 12.1. The maximum absolute atomic E-state index is 12.1. The predicted molar refractivity (Wildman–Crippen MR) is 98.5 cm³/mol. The van der Waals surface area contributed by atoms with Crippen molar-refractivity contribution in [2.45, 2.75) is 13.8 Å². The molecule has 0 saturated heterocycles. The Morgan fingerprint density at radius 2 is 1.84 bits per heavy atom. The first-order valence-electron chi connectivity index (χ1n) is 7.45. The van der Waals surface area contributed by atoms with Crippen molar-refractivity contribution in [3.63, 3.8) is 0 Å². The van der Waals surface area contributed by atoms with E-state index in [4.69, 9.17) is 5.73 Å². The summed E-state index contributed by atoms with van der Waals surface area (Å²) in [6.07, 6.45) is 0. The minimum absolute atomic E-state index is 0.105. The van der Waals surface area contributed by atoms with Crippen LogP contribution in [0.2, 0.25) is 0 Å². The monoisotopic (exact) mass is 351 g/mol. The number of allylic oxidation sites excluding steroid dienone is 4. The van der Waals surface area contributed by atoms with E-state index < -0.39 is 0 Å². The molecule has 1 aliphatic rings. The highest BCUT2D eigenvalue weighted by Gasteiger charge is 2.25. The number of nitriles is 2. The van der Waals surface area contributed by atoms with Crippen LogP contribution < -0.4 is 16.4 Å². The minimum atomic E-state index is -0.199. The minimum Gasteiger partial charge on any atom is -0.384 e. The number of nitrogens with one attached hydrogen (secondary N) is 2. The van der Waals surface area contributed by atoms with Gasteiger partial charge in [-0.2, -0.15) is 10.5 Å². The molecule has 0 bridgehead atoms. The Morgan fingerprint density at radius 3 is 2.40 bits per heavy atom. The van der Waals surface area contributed by atoms with Crippen molar-refractivity contribution in [2.75, 3.05) is 11.1 Å². The van der Waals surface area contributed by atoms with Crippen LogP contribution in [0.5, 0.6) is 0 Å². The van der Waals surface area contributed by atoms with Gasteiger partial charge >= 0.3 is 0 Å². The molecule has 0 aromatic heterocycles. The van der Waals surface area contributed by atoms with Gasteiger partial charge in [0, 0.05) is 11.3 Å². The molecule has 0 atom stereocenters. The summed E-state index contributed by atoms with van der Waals surface area (Å²) in [5.74, 6) is 0.0898. The summed E-state index contributed by atoms with van der Waals surface area (Å²) in [5.41, 5.74) is 8.51. The molecule has 0 radical (unpaired) electrons. The number of anilines is 1. The number of hydrogen-bond acceptors (Lipinski definition) is 6. The van der Waals surface area contributed by atoms with Gasteiger partial charge in [0.1, 0.15) is 23.5 Å². The number of carbonyl (C=O) groups excluding carboxylic acids is 1. The zero-order valence-electron chi connectivity index (χ0n) is 13.9. The maximum atomic E-state index is 12.1. The molecular formula is C18H17N5OS. The van der Waals surface area contributed by atoms with E-state index in [9.17, 15) is 15.3 Å². The number of rotatable bonds is 4. The van der Waals surface area contributed by atoms with Gasteiger partial charge in [-0.15, -0.1) is 0 Å². The first-order valence-corrected chi connectivity index (χ1v) is 8.43. The predicted octanol–water partition coefficient (Wildman–Crippen LogP) is 2.73. The van der Waals surface area contributed by atoms with E-state index in [-0.39, 0.29) is 23.1 Å². The van der Waals surface area contributed by atoms with Crippen LogP contribution in [-0.2, 0) is 4.79 Å². The van der Waals surface area contributed by atoms with E-state index in [1.807, 2.05) is 38.1 Å². The fraction of sp³-hybridized carbons (Fsp3) is 0.167. The Kier molecular flexibility index (Phi) is 5.89. The molecular weight excluding hydrogens is 334 g/mol. The van der Waals surface area contributed by atoms with Crippen molar-refractivity contribution >= 4 is 23.4 Å². The Morgan fingerprint density at radius 1 is 1.20 bits per heavy atom. The van der Waals surface area contributed by atoms with E-state index in [1.165, 1.54) is 11.8 Å². The fourth-order valence-electron chi connectivity index (χ4n) is 2.31. The first-order chi connectivity index (χ1) is 12.0. The van der Waals surface area contributed by atoms with Crippen LogP contribution in [0.25, 0.3) is 0 Å². The standard InChI is InChI=1S/C18H17N5OS/c1-11(2)16-13(8-19)17(21)23-18(14(16)9-20)25-10-15(24)22-12-6-4-3-5-7-12/h3-7,23H,10,21H2,1-2H3,(H,22,24). The average molecular weight is 351 g/mol. The van der Waals surface area contributed by atoms with Crippen LogP contribution in [0.4, 0.5) is 5.69 Å². The number of amides is 1. The summed E-state index contributed by atoms with van der Waals surface area (Å²) in [5, 5.41) is 24.9. The topological polar surface area (TPSA) is 115 Å². The van der Waals surface area contributed by atoms with Crippen molar-refractivity contribution in [3.8, 4) is 12.1 Å². The number of thioether (sulfide) groups is 1. The maximum Gasteiger partial charge on any atom is 0.234 e. The molecule has 126 valence electrons. The molecule has 0 spiro atoms. The first kappa shape index (κ1) is 18.2. The zero-order valence-corrected chi connectivity index (χ0v) is 14.7. The second kappa shape index (κ2) is 8.09. The summed E-state index contributed by atoms with van der Waals surface area (Å²) >= 11 is 1.17. The van der Waals surface area contributed by atoms with Crippen LogP contribution in [-0.4, -0.2) is 11.7 Å². The van der Waals surface area contributed by atoms with Gasteiger partial charge in [0.25, 0.3) is 0 Å². The number of dihydropyridines is 1. The molecule has 1 amide bonds. The van der Waals surface area contributed by atoms with E-state index in [0.29, 0.717) is 21.9 Å². The molecule has 0 fully saturated rings. The smallest absolute Gasteiger partial charge is 0.234 e. The second-order valence-electron chi connectivity index (χ2n) is 5.42. The highest BCUT2D eigenvalue weighted by molar-refractivity contribution is 8.03. The lowest BCUT2D eigenvalue weighted by Crippen LogP contribution is -2.28. The molecule has 1 aromatic carbocycles. The fourth-order valence-corrected chi connectivity index (χ4v) is 3.13. The quantitative estimate of drug-likeness (QED) is 0.768. The molecule has 6 nitrogen and oxygen atoms in total. The third kappa shape index (κ3) is 4.23. The molecule has 1 aliphatic heterocycles. The van der Waals surface area contributed by atoms with Gasteiger partial charge in [-0.1, -0.05) is 35.5 Å². The number of benzene rings is 1. The molecule has 25 heavy (non-hydrogen) atoms. The van der Waals surface area contributed by atoms with Crippen molar-refractivity contribution in [3.05, 3.63) is 63.5 Å². The lowest BCUT2D eigenvalue weighted by Gasteiger charge is -2.22. The van der Waals surface area contributed by atoms with Gasteiger partial charge in [-0.25, -0.2) is 0 Å². The Balaban J connectivity index is 2.18. The van der Waals surface area contributed by atoms with E-state index in [0.717, 1.165) is 5.57 Å². The molecule has 0 aliphatic carbocycles. The highest BCUT2D eigenvalue weighted by Crippen LogP contribution is 2.33. The second-order valence-corrected chi connectivity index (χ2v) is 6.40. The summed E-state index contributed by atoms with van der Waals surface area (Å²) in [6, 6.07) is 13.3. The lowest BCUT2D eigenvalue weighted by atomic mass is 9.93. The number of nitrogens with two attached hydrogens (primary N) is 1. The molecule has 4 N–H and O–H groups in total. The van der Waals surface area contributed by atoms with Crippen molar-refractivity contribution in [1.29, 1.82) is 10.5 Å². The van der Waals surface area contributed by atoms with Gasteiger partial charge in [0.05, 0.1) is 16.4 Å². The lowest BCUT2D eigenvalue weighted by molar-refractivity contribution is -0.113. The number of para-hydroxylation sites is 1. The molecule has 1 aromatic rings. The van der Waals surface area contributed by atoms with E-state index in [2.05, 4.69) is 16.7 Å². The number of hydrogen-bond donors (Lipinski definition) is 3. The van der Waals surface area contributed by atoms with Gasteiger partial charge in [-0.05, 0) is 26.0 Å². The van der Waals surface area contributed by atoms with E-state index in [1.54, 1.807) is 12.1 Å². The van der Waals surface area contributed by atoms with Crippen molar-refractivity contribution in [2.24, 2.45) is 5.73 Å². The van der Waals surface area contributed by atoms with Crippen molar-refractivity contribution in [1.82, 2.24) is 5.32 Å². The van der Waals surface area contributed by atoms with Crippen molar-refractivity contribution < 1.29 is 4.79 Å². The van der Waals surface area contributed by atoms with Crippen LogP contribution >= 0.6 is 11.8 Å². The molecule has 2 rings (SSSR count). The zero-order chi connectivity index (χ0) is 18.4.